The first-order valence-electron chi connectivity index (χ1n) is 7.00. The van der Waals surface area contributed by atoms with Crippen LogP contribution >= 0.6 is 0 Å². The van der Waals surface area contributed by atoms with E-state index < -0.39 is 0 Å². The summed E-state index contributed by atoms with van der Waals surface area (Å²) in [5.41, 5.74) is -0.195. The van der Waals surface area contributed by atoms with E-state index in [2.05, 4.69) is 5.32 Å². The molecule has 104 valence electrons. The number of benzene rings is 1. The van der Waals surface area contributed by atoms with Gasteiger partial charge in [0.25, 0.3) is 0 Å². The van der Waals surface area contributed by atoms with Crippen molar-refractivity contribution in [2.24, 2.45) is 0 Å². The van der Waals surface area contributed by atoms with Gasteiger partial charge in [-0.15, -0.1) is 0 Å². The highest BCUT2D eigenvalue weighted by Gasteiger charge is 2.42. The van der Waals surface area contributed by atoms with E-state index in [0.717, 1.165) is 19.3 Å². The van der Waals surface area contributed by atoms with Crippen LogP contribution in [0.3, 0.4) is 0 Å². The molecule has 0 heterocycles. The number of halogens is 1. The first-order chi connectivity index (χ1) is 9.19. The molecular formula is C15H20FNO2. The van der Waals surface area contributed by atoms with Crippen LogP contribution in [0, 0.1) is 5.82 Å². The minimum Gasteiger partial charge on any atom is -0.490 e. The summed E-state index contributed by atoms with van der Waals surface area (Å²) in [6.07, 6.45) is 5.07. The van der Waals surface area contributed by atoms with Crippen LogP contribution in [0.5, 0.6) is 5.75 Å². The predicted molar refractivity (Wildman–Crippen MR) is 70.6 cm³/mol. The molecule has 1 aromatic rings. The summed E-state index contributed by atoms with van der Waals surface area (Å²) in [4.78, 5) is 0. The second kappa shape index (κ2) is 5.10. The Morgan fingerprint density at radius 3 is 2.89 bits per heavy atom. The Kier molecular flexibility index (Phi) is 3.46. The Morgan fingerprint density at radius 1 is 1.37 bits per heavy atom. The topological polar surface area (TPSA) is 41.5 Å². The van der Waals surface area contributed by atoms with Gasteiger partial charge in [0, 0.05) is 24.1 Å². The van der Waals surface area contributed by atoms with E-state index in [9.17, 15) is 9.50 Å². The van der Waals surface area contributed by atoms with Gasteiger partial charge in [0.1, 0.15) is 17.7 Å². The maximum Gasteiger partial charge on any atom is 0.126 e. The van der Waals surface area contributed by atoms with Gasteiger partial charge in [-0.05, 0) is 37.8 Å². The summed E-state index contributed by atoms with van der Waals surface area (Å²) in [6, 6.07) is 6.82. The molecule has 1 aromatic carbocycles. The molecule has 2 saturated carbocycles. The summed E-state index contributed by atoms with van der Waals surface area (Å²) >= 11 is 0. The standard InChI is InChI=1S/C15H20FNO2/c16-11-2-1-3-13(8-11)19-14-6-7-15(9-14,10-18)17-12-4-5-12/h1-3,8,12,14,17-18H,4-7,9-10H2. The average molecular weight is 265 g/mol. The first kappa shape index (κ1) is 12.9. The van der Waals surface area contributed by atoms with Gasteiger partial charge in [0.15, 0.2) is 0 Å². The molecule has 19 heavy (non-hydrogen) atoms. The van der Waals surface area contributed by atoms with Crippen molar-refractivity contribution in [3.8, 4) is 5.75 Å². The minimum absolute atomic E-state index is 0.0557. The van der Waals surface area contributed by atoms with Crippen LogP contribution in [0.4, 0.5) is 4.39 Å². The molecule has 2 atom stereocenters. The fourth-order valence-electron chi connectivity index (χ4n) is 2.89. The highest BCUT2D eigenvalue weighted by Crippen LogP contribution is 2.35. The second-order valence-electron chi connectivity index (χ2n) is 5.80. The molecule has 0 radical (unpaired) electrons. The van der Waals surface area contributed by atoms with Crippen LogP contribution < -0.4 is 10.1 Å². The molecule has 0 bridgehead atoms. The van der Waals surface area contributed by atoms with Crippen molar-refractivity contribution < 1.29 is 14.2 Å². The fraction of sp³-hybridized carbons (Fsp3) is 0.600. The van der Waals surface area contributed by atoms with E-state index in [1.165, 1.54) is 25.0 Å². The summed E-state index contributed by atoms with van der Waals surface area (Å²) in [6.45, 7) is 0.145. The zero-order chi connectivity index (χ0) is 13.3. The molecule has 4 heteroatoms. The van der Waals surface area contributed by atoms with Gasteiger partial charge >= 0.3 is 0 Å². The monoisotopic (exact) mass is 265 g/mol. The van der Waals surface area contributed by atoms with Crippen LogP contribution in [0.15, 0.2) is 24.3 Å². The van der Waals surface area contributed by atoms with E-state index in [4.69, 9.17) is 4.74 Å². The third kappa shape index (κ3) is 3.07. The molecule has 0 aromatic heterocycles. The lowest BCUT2D eigenvalue weighted by Gasteiger charge is -2.28. The van der Waals surface area contributed by atoms with Gasteiger partial charge in [-0.2, -0.15) is 0 Å². The number of rotatable bonds is 5. The summed E-state index contributed by atoms with van der Waals surface area (Å²) in [5.74, 6) is 0.296. The summed E-state index contributed by atoms with van der Waals surface area (Å²) in [5, 5.41) is 13.2. The molecule has 2 fully saturated rings. The van der Waals surface area contributed by atoms with Crippen LogP contribution in [-0.2, 0) is 0 Å². The highest BCUT2D eigenvalue weighted by atomic mass is 19.1. The first-order valence-corrected chi connectivity index (χ1v) is 7.00. The van der Waals surface area contributed by atoms with Crippen molar-refractivity contribution in [1.82, 2.24) is 5.32 Å². The molecule has 0 spiro atoms. The number of nitrogens with one attached hydrogen (secondary N) is 1. The molecule has 2 aliphatic rings. The van der Waals surface area contributed by atoms with Crippen LogP contribution in [-0.4, -0.2) is 29.4 Å². The Morgan fingerprint density at radius 2 is 2.21 bits per heavy atom. The fourth-order valence-corrected chi connectivity index (χ4v) is 2.89. The molecule has 2 aliphatic carbocycles. The second-order valence-corrected chi connectivity index (χ2v) is 5.80. The molecule has 0 saturated heterocycles. The van der Waals surface area contributed by atoms with Crippen LogP contribution in [0.1, 0.15) is 32.1 Å². The molecule has 2 N–H and O–H groups in total. The zero-order valence-electron chi connectivity index (χ0n) is 10.9. The number of aliphatic hydroxyl groups is 1. The number of aliphatic hydroxyl groups excluding tert-OH is 1. The maximum absolute atomic E-state index is 13.1. The van der Waals surface area contributed by atoms with Crippen molar-refractivity contribution in [2.45, 2.75) is 49.8 Å². The average Bonchev–Trinajstić information content (AvgIpc) is 3.11. The van der Waals surface area contributed by atoms with Gasteiger partial charge in [-0.1, -0.05) is 6.07 Å². The maximum atomic E-state index is 13.1. The highest BCUT2D eigenvalue weighted by molar-refractivity contribution is 5.23. The Hall–Kier alpha value is -1.13. The number of ether oxygens (including phenoxy) is 1. The van der Waals surface area contributed by atoms with Crippen LogP contribution in [0.2, 0.25) is 0 Å². The molecule has 3 rings (SSSR count). The van der Waals surface area contributed by atoms with Crippen LogP contribution in [0.25, 0.3) is 0 Å². The quantitative estimate of drug-likeness (QED) is 0.858. The smallest absolute Gasteiger partial charge is 0.126 e. The van der Waals surface area contributed by atoms with Gasteiger partial charge < -0.3 is 15.2 Å². The van der Waals surface area contributed by atoms with E-state index in [-0.39, 0.29) is 24.1 Å². The SMILES string of the molecule is OCC1(NC2CC2)CCC(Oc2cccc(F)c2)C1. The van der Waals surface area contributed by atoms with Gasteiger partial charge in [-0.3, -0.25) is 0 Å². The van der Waals surface area contributed by atoms with Crippen molar-refractivity contribution in [3.05, 3.63) is 30.1 Å². The van der Waals surface area contributed by atoms with Crippen molar-refractivity contribution in [2.75, 3.05) is 6.61 Å². The Labute approximate surface area is 112 Å². The van der Waals surface area contributed by atoms with Crippen molar-refractivity contribution in [3.63, 3.8) is 0 Å². The third-order valence-electron chi connectivity index (χ3n) is 4.05. The normalized spacial score (nSPS) is 30.5. The zero-order valence-corrected chi connectivity index (χ0v) is 10.9. The number of hydrogen-bond donors (Lipinski definition) is 2. The molecule has 0 amide bonds. The summed E-state index contributed by atoms with van der Waals surface area (Å²) < 4.78 is 18.9. The molecule has 2 unspecified atom stereocenters. The lowest BCUT2D eigenvalue weighted by atomic mass is 9.98. The van der Waals surface area contributed by atoms with E-state index >= 15 is 0 Å². The Bertz CT molecular complexity index is 450. The summed E-state index contributed by atoms with van der Waals surface area (Å²) in [7, 11) is 0. The lowest BCUT2D eigenvalue weighted by Crippen LogP contribution is -2.48. The van der Waals surface area contributed by atoms with Gasteiger partial charge in [0.05, 0.1) is 6.61 Å². The number of hydrogen-bond acceptors (Lipinski definition) is 3. The minimum atomic E-state index is -0.278. The van der Waals surface area contributed by atoms with Gasteiger partial charge in [0.2, 0.25) is 0 Å². The van der Waals surface area contributed by atoms with Gasteiger partial charge in [-0.25, -0.2) is 4.39 Å². The van der Waals surface area contributed by atoms with E-state index in [1.807, 2.05) is 0 Å². The largest absolute Gasteiger partial charge is 0.490 e. The molecule has 0 aliphatic heterocycles. The lowest BCUT2D eigenvalue weighted by molar-refractivity contribution is 0.139. The molecule has 3 nitrogen and oxygen atoms in total. The molecular weight excluding hydrogens is 245 g/mol. The van der Waals surface area contributed by atoms with E-state index in [0.29, 0.717) is 11.8 Å². The van der Waals surface area contributed by atoms with Crippen molar-refractivity contribution >= 4 is 0 Å². The third-order valence-corrected chi connectivity index (χ3v) is 4.05. The van der Waals surface area contributed by atoms with E-state index in [1.54, 1.807) is 12.1 Å². The Balaban J connectivity index is 1.61. The predicted octanol–water partition coefficient (Wildman–Crippen LogP) is 2.24. The van der Waals surface area contributed by atoms with Crippen molar-refractivity contribution in [1.29, 1.82) is 0 Å².